The Kier molecular flexibility index (Phi) is 8.23. The van der Waals surface area contributed by atoms with Crippen LogP contribution in [0.15, 0.2) is 78.9 Å². The number of hydrogen-bond acceptors (Lipinski definition) is 5. The van der Waals surface area contributed by atoms with Crippen molar-refractivity contribution < 1.29 is 18.9 Å². The number of benzene rings is 3. The monoisotopic (exact) mass is 393 g/mol. The molecule has 0 aliphatic carbocycles. The third-order valence-corrected chi connectivity index (χ3v) is 4.19. The summed E-state index contributed by atoms with van der Waals surface area (Å²) in [4.78, 5) is 0. The maximum atomic E-state index is 5.72. The fourth-order valence-electron chi connectivity index (χ4n) is 2.66. The highest BCUT2D eigenvalue weighted by Gasteiger charge is 1.99. The van der Waals surface area contributed by atoms with Crippen molar-refractivity contribution >= 4 is 5.69 Å². The van der Waals surface area contributed by atoms with Crippen LogP contribution in [0.4, 0.5) is 5.69 Å². The summed E-state index contributed by atoms with van der Waals surface area (Å²) in [6, 6.07) is 25.7. The Morgan fingerprint density at radius 1 is 0.586 bits per heavy atom. The second-order valence-electron chi connectivity index (χ2n) is 6.37. The van der Waals surface area contributed by atoms with Crippen molar-refractivity contribution in [1.29, 1.82) is 0 Å². The Morgan fingerprint density at radius 3 is 1.69 bits per heavy atom. The molecule has 29 heavy (non-hydrogen) atoms. The summed E-state index contributed by atoms with van der Waals surface area (Å²) in [6.45, 7) is 2.89. The van der Waals surface area contributed by atoms with Gasteiger partial charge in [-0.05, 0) is 54.1 Å². The van der Waals surface area contributed by atoms with Gasteiger partial charge in [0.2, 0.25) is 0 Å². The molecule has 0 unspecified atom stereocenters. The topological polar surface area (TPSA) is 49.0 Å². The third-order valence-electron chi connectivity index (χ3n) is 4.19. The van der Waals surface area contributed by atoms with Gasteiger partial charge in [-0.3, -0.25) is 0 Å². The smallest absolute Gasteiger partial charge is 0.122 e. The lowest BCUT2D eigenvalue weighted by molar-refractivity contribution is 0.146. The molecule has 5 nitrogen and oxygen atoms in total. The van der Waals surface area contributed by atoms with Gasteiger partial charge in [0.15, 0.2) is 0 Å². The zero-order valence-corrected chi connectivity index (χ0v) is 16.7. The van der Waals surface area contributed by atoms with E-state index in [9.17, 15) is 0 Å². The summed E-state index contributed by atoms with van der Waals surface area (Å²) in [5.41, 5.74) is 2.22. The van der Waals surface area contributed by atoms with E-state index in [1.807, 2.05) is 66.7 Å². The molecule has 0 saturated heterocycles. The molecule has 0 aliphatic heterocycles. The van der Waals surface area contributed by atoms with Crippen LogP contribution in [0.1, 0.15) is 5.56 Å². The molecule has 0 heterocycles. The van der Waals surface area contributed by atoms with Crippen molar-refractivity contribution in [3.63, 3.8) is 0 Å². The van der Waals surface area contributed by atoms with E-state index >= 15 is 0 Å². The van der Waals surface area contributed by atoms with Crippen LogP contribution in [0.2, 0.25) is 0 Å². The molecule has 5 heteroatoms. The van der Waals surface area contributed by atoms with E-state index < -0.39 is 0 Å². The fourth-order valence-corrected chi connectivity index (χ4v) is 2.66. The van der Waals surface area contributed by atoms with Gasteiger partial charge in [0.25, 0.3) is 0 Å². The minimum Gasteiger partial charge on any atom is -0.491 e. The first-order chi connectivity index (χ1) is 14.3. The number of nitrogens with one attached hydrogen (secondary N) is 1. The van der Waals surface area contributed by atoms with Gasteiger partial charge in [0.05, 0.1) is 6.61 Å². The van der Waals surface area contributed by atoms with E-state index in [1.165, 1.54) is 5.56 Å². The minimum atomic E-state index is 0.500. The second kappa shape index (κ2) is 11.6. The van der Waals surface area contributed by atoms with Gasteiger partial charge < -0.3 is 24.3 Å². The molecular formula is C24H27NO4. The number of anilines is 1. The minimum absolute atomic E-state index is 0.500. The van der Waals surface area contributed by atoms with E-state index in [4.69, 9.17) is 18.9 Å². The van der Waals surface area contributed by atoms with Crippen LogP contribution in [-0.4, -0.2) is 33.5 Å². The summed E-state index contributed by atoms with van der Waals surface area (Å²) in [5, 5.41) is 3.41. The van der Waals surface area contributed by atoms with E-state index in [0.717, 1.165) is 29.5 Å². The Labute approximate surface area is 172 Å². The molecule has 0 bridgehead atoms. The van der Waals surface area contributed by atoms with E-state index in [0.29, 0.717) is 26.4 Å². The van der Waals surface area contributed by atoms with Gasteiger partial charge in [-0.1, -0.05) is 30.3 Å². The molecule has 0 atom stereocenters. The van der Waals surface area contributed by atoms with Crippen molar-refractivity contribution in [2.75, 3.05) is 38.9 Å². The summed E-state index contributed by atoms with van der Waals surface area (Å²) in [5.74, 6) is 2.53. The van der Waals surface area contributed by atoms with Crippen LogP contribution >= 0.6 is 0 Å². The van der Waals surface area contributed by atoms with Gasteiger partial charge in [0.1, 0.15) is 37.1 Å². The van der Waals surface area contributed by atoms with Crippen molar-refractivity contribution in [2.24, 2.45) is 0 Å². The SMILES string of the molecule is COCCOc1ccc(CNc2ccc(OCCOc3ccccc3)cc2)cc1. The molecule has 0 aromatic heterocycles. The Balaban J connectivity index is 1.36. The summed E-state index contributed by atoms with van der Waals surface area (Å²) in [6.07, 6.45) is 0. The van der Waals surface area contributed by atoms with E-state index in [1.54, 1.807) is 7.11 Å². The fraction of sp³-hybridized carbons (Fsp3) is 0.250. The molecule has 0 saturated carbocycles. The van der Waals surface area contributed by atoms with Crippen LogP contribution in [0, 0.1) is 0 Å². The average molecular weight is 393 g/mol. The van der Waals surface area contributed by atoms with Gasteiger partial charge in [-0.25, -0.2) is 0 Å². The van der Waals surface area contributed by atoms with Crippen LogP contribution < -0.4 is 19.5 Å². The molecule has 0 fully saturated rings. The van der Waals surface area contributed by atoms with Crippen LogP contribution in [-0.2, 0) is 11.3 Å². The first-order valence-electron chi connectivity index (χ1n) is 9.69. The molecule has 0 amide bonds. The van der Waals surface area contributed by atoms with Crippen molar-refractivity contribution in [1.82, 2.24) is 0 Å². The highest BCUT2D eigenvalue weighted by Crippen LogP contribution is 2.18. The number of hydrogen-bond donors (Lipinski definition) is 1. The number of ether oxygens (including phenoxy) is 4. The van der Waals surface area contributed by atoms with Crippen LogP contribution in [0.3, 0.4) is 0 Å². The normalized spacial score (nSPS) is 10.4. The average Bonchev–Trinajstić information content (AvgIpc) is 2.78. The first-order valence-corrected chi connectivity index (χ1v) is 9.69. The van der Waals surface area contributed by atoms with Gasteiger partial charge in [0, 0.05) is 19.3 Å². The lowest BCUT2D eigenvalue weighted by Crippen LogP contribution is -2.08. The summed E-state index contributed by atoms with van der Waals surface area (Å²) < 4.78 is 21.9. The zero-order valence-electron chi connectivity index (χ0n) is 16.7. The van der Waals surface area contributed by atoms with Gasteiger partial charge in [-0.2, -0.15) is 0 Å². The number of para-hydroxylation sites is 1. The molecule has 3 rings (SSSR count). The second-order valence-corrected chi connectivity index (χ2v) is 6.37. The molecule has 3 aromatic carbocycles. The van der Waals surface area contributed by atoms with Crippen LogP contribution in [0.25, 0.3) is 0 Å². The predicted octanol–water partition coefficient (Wildman–Crippen LogP) is 4.78. The maximum Gasteiger partial charge on any atom is 0.122 e. The Bertz CT molecular complexity index is 820. The van der Waals surface area contributed by atoms with E-state index in [2.05, 4.69) is 17.4 Å². The summed E-state index contributed by atoms with van der Waals surface area (Å²) >= 11 is 0. The highest BCUT2D eigenvalue weighted by molar-refractivity contribution is 5.47. The lowest BCUT2D eigenvalue weighted by Gasteiger charge is -2.10. The molecule has 0 spiro atoms. The molecule has 0 radical (unpaired) electrons. The first kappa shape index (κ1) is 20.6. The van der Waals surface area contributed by atoms with Gasteiger partial charge in [-0.15, -0.1) is 0 Å². The standard InChI is InChI=1S/C24H27NO4/c1-26-15-16-27-23-11-7-20(8-12-23)19-25-21-9-13-24(14-10-21)29-18-17-28-22-5-3-2-4-6-22/h2-14,25H,15-19H2,1H3. The molecule has 152 valence electrons. The molecular weight excluding hydrogens is 366 g/mol. The largest absolute Gasteiger partial charge is 0.491 e. The third kappa shape index (κ3) is 7.39. The van der Waals surface area contributed by atoms with Crippen LogP contribution in [0.5, 0.6) is 17.2 Å². The summed E-state index contributed by atoms with van der Waals surface area (Å²) in [7, 11) is 1.66. The van der Waals surface area contributed by atoms with E-state index in [-0.39, 0.29) is 0 Å². The predicted molar refractivity (Wildman–Crippen MR) is 115 cm³/mol. The molecule has 0 aliphatic rings. The Hall–Kier alpha value is -3.18. The lowest BCUT2D eigenvalue weighted by atomic mass is 10.2. The van der Waals surface area contributed by atoms with Crippen molar-refractivity contribution in [3.8, 4) is 17.2 Å². The van der Waals surface area contributed by atoms with Crippen molar-refractivity contribution in [3.05, 3.63) is 84.4 Å². The number of methoxy groups -OCH3 is 1. The quantitative estimate of drug-likeness (QED) is 0.449. The van der Waals surface area contributed by atoms with Crippen molar-refractivity contribution in [2.45, 2.75) is 6.54 Å². The molecule has 3 aromatic rings. The number of rotatable bonds is 12. The highest BCUT2D eigenvalue weighted by atomic mass is 16.5. The Morgan fingerprint density at radius 2 is 1.10 bits per heavy atom. The zero-order chi connectivity index (χ0) is 20.2. The van der Waals surface area contributed by atoms with Gasteiger partial charge >= 0.3 is 0 Å². The molecule has 1 N–H and O–H groups in total. The maximum absolute atomic E-state index is 5.72.